The Balaban J connectivity index is 1.68. The molecule has 0 atom stereocenters. The molecule has 2 N–H and O–H groups in total. The van der Waals surface area contributed by atoms with E-state index in [1.54, 1.807) is 44.4 Å². The molecule has 0 saturated carbocycles. The zero-order valence-electron chi connectivity index (χ0n) is 15.6. The van der Waals surface area contributed by atoms with E-state index < -0.39 is 10.0 Å². The number of hydrogen-bond donors (Lipinski definition) is 2. The zero-order chi connectivity index (χ0) is 20.1. The molecule has 0 aliphatic rings. The second-order valence-corrected chi connectivity index (χ2v) is 8.95. The van der Waals surface area contributed by atoms with Crippen LogP contribution in [0.25, 0.3) is 10.8 Å². The van der Waals surface area contributed by atoms with Crippen LogP contribution in [0.5, 0.6) is 0 Å². The Hall–Kier alpha value is -2.65. The van der Waals surface area contributed by atoms with E-state index in [9.17, 15) is 13.2 Å². The minimum atomic E-state index is -3.40. The van der Waals surface area contributed by atoms with Gasteiger partial charge in [-0.25, -0.2) is 13.4 Å². The first kappa shape index (κ1) is 20.1. The molecule has 1 amide bonds. The van der Waals surface area contributed by atoms with E-state index in [1.807, 2.05) is 11.4 Å². The summed E-state index contributed by atoms with van der Waals surface area (Å²) in [6, 6.07) is 8.71. The third kappa shape index (κ3) is 4.99. The van der Waals surface area contributed by atoms with Gasteiger partial charge in [0, 0.05) is 11.1 Å². The van der Waals surface area contributed by atoms with Crippen LogP contribution in [0.15, 0.2) is 46.4 Å². The highest BCUT2D eigenvalue weighted by molar-refractivity contribution is 7.92. The standard InChI is InChI=1S/C19H21N3O4S2/c1-3-10-28(24,25)22-16-7-4-6-15(13(16)2)21-18(23)11-14-12-27-19(20-14)17-8-5-9-26-17/h4-9,12,22H,3,10-11H2,1-2H3,(H,21,23). The molecular weight excluding hydrogens is 398 g/mol. The molecule has 0 unspecified atom stereocenters. The molecule has 0 saturated heterocycles. The number of rotatable bonds is 8. The summed E-state index contributed by atoms with van der Waals surface area (Å²) >= 11 is 1.41. The molecule has 0 fully saturated rings. The van der Waals surface area contributed by atoms with Crippen LogP contribution in [0.4, 0.5) is 11.4 Å². The fourth-order valence-corrected chi connectivity index (χ4v) is 4.61. The van der Waals surface area contributed by atoms with E-state index in [1.165, 1.54) is 11.3 Å². The summed E-state index contributed by atoms with van der Waals surface area (Å²) < 4.78 is 31.9. The Morgan fingerprint density at radius 3 is 2.71 bits per heavy atom. The summed E-state index contributed by atoms with van der Waals surface area (Å²) in [6.45, 7) is 3.57. The summed E-state index contributed by atoms with van der Waals surface area (Å²) in [4.78, 5) is 16.8. The van der Waals surface area contributed by atoms with E-state index in [0.717, 1.165) is 5.01 Å². The number of benzene rings is 1. The molecule has 0 spiro atoms. The molecule has 2 aromatic heterocycles. The van der Waals surface area contributed by atoms with E-state index in [4.69, 9.17) is 4.42 Å². The summed E-state index contributed by atoms with van der Waals surface area (Å²) in [6.07, 6.45) is 2.22. The van der Waals surface area contributed by atoms with E-state index in [2.05, 4.69) is 15.0 Å². The predicted molar refractivity (Wildman–Crippen MR) is 111 cm³/mol. The number of anilines is 2. The lowest BCUT2D eigenvalue weighted by molar-refractivity contribution is -0.115. The van der Waals surface area contributed by atoms with Crippen LogP contribution in [0, 0.1) is 6.92 Å². The van der Waals surface area contributed by atoms with Crippen LogP contribution in [0.2, 0.25) is 0 Å². The van der Waals surface area contributed by atoms with Crippen LogP contribution in [0.3, 0.4) is 0 Å². The van der Waals surface area contributed by atoms with E-state index in [-0.39, 0.29) is 18.1 Å². The van der Waals surface area contributed by atoms with Crippen LogP contribution in [-0.4, -0.2) is 25.1 Å². The SMILES string of the molecule is CCCS(=O)(=O)Nc1cccc(NC(=O)Cc2csc(-c3ccco3)n2)c1C. The van der Waals surface area contributed by atoms with Gasteiger partial charge in [-0.2, -0.15) is 0 Å². The second-order valence-electron chi connectivity index (χ2n) is 6.25. The van der Waals surface area contributed by atoms with Crippen LogP contribution >= 0.6 is 11.3 Å². The van der Waals surface area contributed by atoms with Crippen molar-refractivity contribution in [1.29, 1.82) is 0 Å². The number of sulfonamides is 1. The number of hydrogen-bond acceptors (Lipinski definition) is 6. The van der Waals surface area contributed by atoms with Crippen LogP contribution in [-0.2, 0) is 21.2 Å². The van der Waals surface area contributed by atoms with Gasteiger partial charge in [0.1, 0.15) is 0 Å². The van der Waals surface area contributed by atoms with Crippen molar-refractivity contribution in [1.82, 2.24) is 4.98 Å². The van der Waals surface area contributed by atoms with Crippen molar-refractivity contribution in [3.63, 3.8) is 0 Å². The van der Waals surface area contributed by atoms with Gasteiger partial charge in [-0.1, -0.05) is 13.0 Å². The molecule has 9 heteroatoms. The highest BCUT2D eigenvalue weighted by Crippen LogP contribution is 2.26. The lowest BCUT2D eigenvalue weighted by atomic mass is 10.1. The summed E-state index contributed by atoms with van der Waals surface area (Å²) in [5.41, 5.74) is 2.32. The maximum Gasteiger partial charge on any atom is 0.232 e. The second kappa shape index (κ2) is 8.57. The highest BCUT2D eigenvalue weighted by atomic mass is 32.2. The number of carbonyl (C=O) groups excluding carboxylic acids is 1. The van der Waals surface area contributed by atoms with Gasteiger partial charge in [0.25, 0.3) is 0 Å². The average molecular weight is 420 g/mol. The maximum atomic E-state index is 12.4. The lowest BCUT2D eigenvalue weighted by Crippen LogP contribution is -2.18. The molecule has 3 rings (SSSR count). The van der Waals surface area contributed by atoms with Gasteiger partial charge in [-0.3, -0.25) is 9.52 Å². The molecule has 0 aliphatic carbocycles. The topological polar surface area (TPSA) is 101 Å². The molecular formula is C19H21N3O4S2. The summed E-state index contributed by atoms with van der Waals surface area (Å²) in [5.74, 6) is 0.484. The van der Waals surface area contributed by atoms with Crippen molar-refractivity contribution in [2.75, 3.05) is 15.8 Å². The molecule has 7 nitrogen and oxygen atoms in total. The van der Waals surface area contributed by atoms with Gasteiger partial charge in [0.2, 0.25) is 15.9 Å². The van der Waals surface area contributed by atoms with Crippen molar-refractivity contribution in [3.05, 3.63) is 53.2 Å². The van der Waals surface area contributed by atoms with Gasteiger partial charge < -0.3 is 9.73 Å². The van der Waals surface area contributed by atoms with Gasteiger partial charge in [-0.05, 0) is 43.2 Å². The number of carbonyl (C=O) groups is 1. The Morgan fingerprint density at radius 1 is 1.21 bits per heavy atom. The number of amides is 1. The number of aromatic nitrogens is 1. The van der Waals surface area contributed by atoms with Crippen molar-refractivity contribution in [2.24, 2.45) is 0 Å². The summed E-state index contributed by atoms with van der Waals surface area (Å²) in [5, 5.41) is 5.37. The third-order valence-electron chi connectivity index (χ3n) is 3.97. The fraction of sp³-hybridized carbons (Fsp3) is 0.263. The first-order chi connectivity index (χ1) is 13.4. The minimum Gasteiger partial charge on any atom is -0.462 e. The molecule has 3 aromatic rings. The first-order valence-corrected chi connectivity index (χ1v) is 11.3. The normalized spacial score (nSPS) is 11.4. The smallest absolute Gasteiger partial charge is 0.232 e. The van der Waals surface area contributed by atoms with Crippen LogP contribution in [0.1, 0.15) is 24.6 Å². The van der Waals surface area contributed by atoms with Crippen molar-refractivity contribution >= 4 is 38.6 Å². The summed E-state index contributed by atoms with van der Waals surface area (Å²) in [7, 11) is -3.40. The average Bonchev–Trinajstić information content (AvgIpc) is 3.29. The number of nitrogens with zero attached hydrogens (tertiary/aromatic N) is 1. The van der Waals surface area contributed by atoms with Gasteiger partial charge in [0.05, 0.1) is 29.8 Å². The Bertz CT molecular complexity index is 1060. The molecule has 28 heavy (non-hydrogen) atoms. The first-order valence-electron chi connectivity index (χ1n) is 8.76. The maximum absolute atomic E-state index is 12.4. The minimum absolute atomic E-state index is 0.0465. The largest absolute Gasteiger partial charge is 0.462 e. The third-order valence-corrected chi connectivity index (χ3v) is 6.35. The van der Waals surface area contributed by atoms with Crippen molar-refractivity contribution < 1.29 is 17.6 Å². The Morgan fingerprint density at radius 2 is 2.00 bits per heavy atom. The van der Waals surface area contributed by atoms with Gasteiger partial charge in [0.15, 0.2) is 10.8 Å². The molecule has 0 bridgehead atoms. The quantitative estimate of drug-likeness (QED) is 0.574. The number of furan rings is 1. The zero-order valence-corrected chi connectivity index (χ0v) is 17.2. The van der Waals surface area contributed by atoms with Crippen molar-refractivity contribution in [2.45, 2.75) is 26.7 Å². The molecule has 2 heterocycles. The lowest BCUT2D eigenvalue weighted by Gasteiger charge is -2.14. The van der Waals surface area contributed by atoms with E-state index >= 15 is 0 Å². The van der Waals surface area contributed by atoms with E-state index in [0.29, 0.717) is 34.8 Å². The number of nitrogens with one attached hydrogen (secondary N) is 2. The fourth-order valence-electron chi connectivity index (χ4n) is 2.63. The molecule has 148 valence electrons. The predicted octanol–water partition coefficient (Wildman–Crippen LogP) is 4.04. The van der Waals surface area contributed by atoms with Gasteiger partial charge in [-0.15, -0.1) is 11.3 Å². The van der Waals surface area contributed by atoms with Crippen LogP contribution < -0.4 is 10.0 Å². The molecule has 0 aliphatic heterocycles. The Kier molecular flexibility index (Phi) is 6.15. The Labute approximate surface area is 167 Å². The monoisotopic (exact) mass is 419 g/mol. The van der Waals surface area contributed by atoms with Gasteiger partial charge >= 0.3 is 0 Å². The highest BCUT2D eigenvalue weighted by Gasteiger charge is 2.15. The molecule has 0 radical (unpaired) electrons. The number of thiazole rings is 1. The molecule has 1 aromatic carbocycles. The van der Waals surface area contributed by atoms with Crippen molar-refractivity contribution in [3.8, 4) is 10.8 Å².